The Hall–Kier alpha value is -1.61. The molecule has 1 aromatic carbocycles. The van der Waals surface area contributed by atoms with E-state index >= 15 is 0 Å². The van der Waals surface area contributed by atoms with E-state index in [-0.39, 0.29) is 0 Å². The van der Waals surface area contributed by atoms with Gasteiger partial charge in [0.25, 0.3) is 0 Å². The fraction of sp³-hybridized carbons (Fsp3) is 0.0909. The van der Waals surface area contributed by atoms with Crippen LogP contribution in [0, 0.1) is 0 Å². The molecule has 0 spiro atoms. The molecular formula is C11H12ClN3. The second-order valence-corrected chi connectivity index (χ2v) is 3.72. The number of nitrogens with two attached hydrogens (primary N) is 1. The Kier molecular flexibility index (Phi) is 2.83. The van der Waals surface area contributed by atoms with Crippen molar-refractivity contribution in [3.8, 4) is 0 Å². The number of nitrogen functional groups attached to an aromatic ring is 1. The fourth-order valence-electron chi connectivity index (χ4n) is 1.35. The normalized spacial score (nSPS) is 10.2. The number of aromatic nitrogens is 1. The van der Waals surface area contributed by atoms with E-state index in [0.717, 1.165) is 11.4 Å². The van der Waals surface area contributed by atoms with Crippen molar-refractivity contribution in [3.63, 3.8) is 0 Å². The van der Waals surface area contributed by atoms with Gasteiger partial charge < -0.3 is 16.0 Å². The Balaban J connectivity index is 2.07. The lowest BCUT2D eigenvalue weighted by Crippen LogP contribution is -2.02. The average molecular weight is 222 g/mol. The van der Waals surface area contributed by atoms with Gasteiger partial charge in [-0.05, 0) is 30.3 Å². The van der Waals surface area contributed by atoms with Gasteiger partial charge in [0.2, 0.25) is 0 Å². The summed E-state index contributed by atoms with van der Waals surface area (Å²) >= 11 is 5.87. The highest BCUT2D eigenvalue weighted by atomic mass is 35.5. The van der Waals surface area contributed by atoms with E-state index in [4.69, 9.17) is 17.3 Å². The predicted molar refractivity (Wildman–Crippen MR) is 64.0 cm³/mol. The smallest absolute Gasteiger partial charge is 0.0592 e. The van der Waals surface area contributed by atoms with E-state index in [2.05, 4.69) is 10.3 Å². The Morgan fingerprint density at radius 3 is 2.93 bits per heavy atom. The average Bonchev–Trinajstić information content (AvgIpc) is 2.72. The predicted octanol–water partition coefficient (Wildman–Crippen LogP) is 2.86. The van der Waals surface area contributed by atoms with E-state index in [1.807, 2.05) is 24.4 Å². The molecule has 0 aliphatic heterocycles. The highest BCUT2D eigenvalue weighted by molar-refractivity contribution is 6.31. The first kappa shape index (κ1) is 9.93. The zero-order valence-electron chi connectivity index (χ0n) is 8.13. The summed E-state index contributed by atoms with van der Waals surface area (Å²) in [5, 5.41) is 3.89. The lowest BCUT2D eigenvalue weighted by molar-refractivity contribution is 1.08. The van der Waals surface area contributed by atoms with Gasteiger partial charge in [0, 0.05) is 16.9 Å². The molecule has 0 unspecified atom stereocenters. The van der Waals surface area contributed by atoms with Crippen LogP contribution in [0.5, 0.6) is 0 Å². The van der Waals surface area contributed by atoms with Gasteiger partial charge in [0.15, 0.2) is 0 Å². The van der Waals surface area contributed by atoms with E-state index in [1.54, 1.807) is 12.1 Å². The molecule has 0 amide bonds. The highest BCUT2D eigenvalue weighted by Crippen LogP contribution is 2.23. The van der Waals surface area contributed by atoms with Gasteiger partial charge in [0.1, 0.15) is 0 Å². The Bertz CT molecular complexity index is 437. The quantitative estimate of drug-likeness (QED) is 0.698. The summed E-state index contributed by atoms with van der Waals surface area (Å²) < 4.78 is 0. The van der Waals surface area contributed by atoms with Gasteiger partial charge in [0.05, 0.1) is 17.9 Å². The van der Waals surface area contributed by atoms with Gasteiger partial charge in [-0.1, -0.05) is 11.6 Å². The summed E-state index contributed by atoms with van der Waals surface area (Å²) in [4.78, 5) is 3.11. The highest BCUT2D eigenvalue weighted by Gasteiger charge is 1.99. The van der Waals surface area contributed by atoms with Gasteiger partial charge in [-0.3, -0.25) is 0 Å². The van der Waals surface area contributed by atoms with Crippen molar-refractivity contribution in [2.45, 2.75) is 6.54 Å². The monoisotopic (exact) mass is 221 g/mol. The number of hydrogen-bond acceptors (Lipinski definition) is 2. The van der Waals surface area contributed by atoms with E-state index in [9.17, 15) is 0 Å². The molecule has 2 rings (SSSR count). The van der Waals surface area contributed by atoms with Crippen LogP contribution in [0.2, 0.25) is 5.02 Å². The third-order valence-electron chi connectivity index (χ3n) is 2.15. The minimum atomic E-state index is 0.679. The van der Waals surface area contributed by atoms with Gasteiger partial charge in [-0.15, -0.1) is 0 Å². The molecule has 4 N–H and O–H groups in total. The molecule has 1 aromatic heterocycles. The molecule has 0 atom stereocenters. The minimum absolute atomic E-state index is 0.679. The number of benzene rings is 1. The van der Waals surface area contributed by atoms with Crippen molar-refractivity contribution < 1.29 is 0 Å². The summed E-state index contributed by atoms with van der Waals surface area (Å²) in [6, 6.07) is 9.35. The van der Waals surface area contributed by atoms with Crippen LogP contribution in [-0.4, -0.2) is 4.98 Å². The third kappa shape index (κ3) is 2.44. The van der Waals surface area contributed by atoms with Crippen LogP contribution in [0.15, 0.2) is 36.5 Å². The topological polar surface area (TPSA) is 53.8 Å². The van der Waals surface area contributed by atoms with Crippen molar-refractivity contribution in [2.75, 3.05) is 11.1 Å². The van der Waals surface area contributed by atoms with Crippen molar-refractivity contribution in [1.29, 1.82) is 0 Å². The molecule has 0 fully saturated rings. The molecule has 4 heteroatoms. The third-order valence-corrected chi connectivity index (χ3v) is 2.38. The summed E-state index contributed by atoms with van der Waals surface area (Å²) in [7, 11) is 0. The molecule has 3 nitrogen and oxygen atoms in total. The van der Waals surface area contributed by atoms with Gasteiger partial charge in [-0.2, -0.15) is 0 Å². The zero-order valence-corrected chi connectivity index (χ0v) is 8.88. The Morgan fingerprint density at radius 1 is 1.33 bits per heavy atom. The van der Waals surface area contributed by atoms with Crippen molar-refractivity contribution in [1.82, 2.24) is 4.98 Å². The van der Waals surface area contributed by atoms with Crippen LogP contribution < -0.4 is 11.1 Å². The van der Waals surface area contributed by atoms with E-state index < -0.39 is 0 Å². The number of halogens is 1. The molecule has 1 heterocycles. The van der Waals surface area contributed by atoms with E-state index in [1.165, 1.54) is 0 Å². The molecule has 2 aromatic rings. The van der Waals surface area contributed by atoms with Crippen LogP contribution in [0.3, 0.4) is 0 Å². The lowest BCUT2D eigenvalue weighted by atomic mass is 10.2. The number of nitrogens with one attached hydrogen (secondary N) is 2. The molecule has 0 saturated heterocycles. The van der Waals surface area contributed by atoms with Crippen LogP contribution in [0.25, 0.3) is 0 Å². The summed E-state index contributed by atoms with van der Waals surface area (Å²) in [5.74, 6) is 0. The molecule has 0 bridgehead atoms. The number of H-pyrrole nitrogens is 1. The van der Waals surface area contributed by atoms with Crippen LogP contribution >= 0.6 is 11.6 Å². The maximum absolute atomic E-state index is 5.87. The first-order chi connectivity index (χ1) is 7.25. The summed E-state index contributed by atoms with van der Waals surface area (Å²) in [6.45, 7) is 0.706. The van der Waals surface area contributed by atoms with Gasteiger partial charge >= 0.3 is 0 Å². The lowest BCUT2D eigenvalue weighted by Gasteiger charge is -2.08. The first-order valence-electron chi connectivity index (χ1n) is 4.67. The molecule has 0 saturated carbocycles. The van der Waals surface area contributed by atoms with Crippen molar-refractivity contribution >= 4 is 23.0 Å². The first-order valence-corrected chi connectivity index (χ1v) is 5.04. The van der Waals surface area contributed by atoms with Crippen LogP contribution in [0.1, 0.15) is 5.69 Å². The largest absolute Gasteiger partial charge is 0.397 e. The number of rotatable bonds is 3. The second kappa shape index (κ2) is 4.28. The maximum atomic E-state index is 5.87. The number of anilines is 2. The summed E-state index contributed by atoms with van der Waals surface area (Å²) in [6.07, 6.45) is 1.89. The standard InChI is InChI=1S/C11H12ClN3/c12-8-3-4-10(13)11(6-8)15-7-9-2-1-5-14-9/h1-6,14-15H,7,13H2. The van der Waals surface area contributed by atoms with Crippen molar-refractivity contribution in [3.05, 3.63) is 47.2 Å². The zero-order chi connectivity index (χ0) is 10.7. The molecule has 15 heavy (non-hydrogen) atoms. The Labute approximate surface area is 93.3 Å². The number of hydrogen-bond donors (Lipinski definition) is 3. The minimum Gasteiger partial charge on any atom is -0.397 e. The fourth-order valence-corrected chi connectivity index (χ4v) is 1.52. The summed E-state index contributed by atoms with van der Waals surface area (Å²) in [5.41, 5.74) is 8.46. The molecule has 78 valence electrons. The molecule has 0 aliphatic carbocycles. The molecular weight excluding hydrogens is 210 g/mol. The maximum Gasteiger partial charge on any atom is 0.0592 e. The van der Waals surface area contributed by atoms with Crippen LogP contribution in [-0.2, 0) is 6.54 Å². The molecule has 0 aliphatic rings. The molecule has 0 radical (unpaired) electrons. The van der Waals surface area contributed by atoms with Gasteiger partial charge in [-0.25, -0.2) is 0 Å². The second-order valence-electron chi connectivity index (χ2n) is 3.28. The van der Waals surface area contributed by atoms with E-state index in [0.29, 0.717) is 17.3 Å². The number of aromatic amines is 1. The van der Waals surface area contributed by atoms with Crippen LogP contribution in [0.4, 0.5) is 11.4 Å². The van der Waals surface area contributed by atoms with Crippen molar-refractivity contribution in [2.24, 2.45) is 0 Å². The SMILES string of the molecule is Nc1ccc(Cl)cc1NCc1ccc[nH]1. The Morgan fingerprint density at radius 2 is 2.20 bits per heavy atom.